The van der Waals surface area contributed by atoms with E-state index in [2.05, 4.69) is 20.8 Å². The fourth-order valence-electron chi connectivity index (χ4n) is 2.13. The molecule has 2 rings (SSSR count). The zero-order valence-corrected chi connectivity index (χ0v) is 12.4. The quantitative estimate of drug-likeness (QED) is 0.438. The number of hydrogen-bond acceptors (Lipinski definition) is 4. The van der Waals surface area contributed by atoms with Gasteiger partial charge in [-0.05, 0) is 25.0 Å². The molecule has 5 nitrogen and oxygen atoms in total. The van der Waals surface area contributed by atoms with Crippen LogP contribution in [0.3, 0.4) is 0 Å². The second kappa shape index (κ2) is 6.34. The molecule has 1 aromatic rings. The number of ether oxygens (including phenoxy) is 1. The lowest BCUT2D eigenvalue weighted by Crippen LogP contribution is -2.29. The average Bonchev–Trinajstić information content (AvgIpc) is 3.23. The van der Waals surface area contributed by atoms with Crippen LogP contribution in [0.4, 0.5) is 11.4 Å². The van der Waals surface area contributed by atoms with E-state index in [9.17, 15) is 10.1 Å². The molecule has 19 heavy (non-hydrogen) atoms. The lowest BCUT2D eigenvalue weighted by atomic mass is 10.1. The van der Waals surface area contributed by atoms with Gasteiger partial charge in [0.1, 0.15) is 0 Å². The molecule has 0 aliphatic heterocycles. The Morgan fingerprint density at radius 2 is 2.26 bits per heavy atom. The van der Waals surface area contributed by atoms with Crippen molar-refractivity contribution in [2.45, 2.75) is 24.2 Å². The lowest BCUT2D eigenvalue weighted by Gasteiger charge is -2.24. The van der Waals surface area contributed by atoms with Gasteiger partial charge in [0.2, 0.25) is 0 Å². The number of alkyl halides is 1. The highest BCUT2D eigenvalue weighted by Crippen LogP contribution is 2.34. The van der Waals surface area contributed by atoms with E-state index in [-0.39, 0.29) is 10.6 Å². The van der Waals surface area contributed by atoms with E-state index in [1.54, 1.807) is 13.2 Å². The second-order valence-electron chi connectivity index (χ2n) is 4.62. The minimum Gasteiger partial charge on any atom is -0.383 e. The van der Waals surface area contributed by atoms with Crippen LogP contribution in [0.15, 0.2) is 18.2 Å². The van der Waals surface area contributed by atoms with Crippen molar-refractivity contribution in [2.75, 3.05) is 25.2 Å². The van der Waals surface area contributed by atoms with E-state index in [4.69, 9.17) is 4.74 Å². The van der Waals surface area contributed by atoms with Crippen LogP contribution in [0.1, 0.15) is 18.4 Å². The summed E-state index contributed by atoms with van der Waals surface area (Å²) in [7, 11) is 1.69. The minimum absolute atomic E-state index is 0.170. The summed E-state index contributed by atoms with van der Waals surface area (Å²) in [4.78, 5) is 12.9. The van der Waals surface area contributed by atoms with Gasteiger partial charge in [0.05, 0.1) is 11.5 Å². The highest BCUT2D eigenvalue weighted by Gasteiger charge is 2.29. The number of benzene rings is 1. The monoisotopic (exact) mass is 328 g/mol. The van der Waals surface area contributed by atoms with E-state index >= 15 is 0 Å². The highest BCUT2D eigenvalue weighted by molar-refractivity contribution is 9.08. The van der Waals surface area contributed by atoms with Crippen LogP contribution in [-0.4, -0.2) is 31.2 Å². The van der Waals surface area contributed by atoms with E-state index in [0.717, 1.165) is 12.2 Å². The summed E-state index contributed by atoms with van der Waals surface area (Å²) in [6, 6.07) is 5.88. The van der Waals surface area contributed by atoms with Gasteiger partial charge >= 0.3 is 0 Å². The first-order valence-corrected chi connectivity index (χ1v) is 7.38. The molecular formula is C13H17BrN2O3. The molecule has 0 spiro atoms. The fourth-order valence-corrected chi connectivity index (χ4v) is 2.58. The summed E-state index contributed by atoms with van der Waals surface area (Å²) >= 11 is 3.32. The molecule has 1 saturated carbocycles. The van der Waals surface area contributed by atoms with Gasteiger partial charge in [0.15, 0.2) is 0 Å². The summed E-state index contributed by atoms with van der Waals surface area (Å²) in [5.74, 6) is 0. The van der Waals surface area contributed by atoms with Crippen molar-refractivity contribution in [2.24, 2.45) is 0 Å². The van der Waals surface area contributed by atoms with Crippen LogP contribution in [0, 0.1) is 10.1 Å². The van der Waals surface area contributed by atoms with E-state index in [1.807, 2.05) is 12.1 Å². The third-order valence-electron chi connectivity index (χ3n) is 3.26. The summed E-state index contributed by atoms with van der Waals surface area (Å²) in [5, 5.41) is 11.4. The van der Waals surface area contributed by atoms with Crippen molar-refractivity contribution in [3.63, 3.8) is 0 Å². The van der Waals surface area contributed by atoms with Gasteiger partial charge in [-0.15, -0.1) is 0 Å². The van der Waals surface area contributed by atoms with Crippen molar-refractivity contribution in [1.29, 1.82) is 0 Å². The number of nitrogens with zero attached hydrogens (tertiary/aromatic N) is 2. The molecule has 104 valence electrons. The topological polar surface area (TPSA) is 55.6 Å². The third-order valence-corrected chi connectivity index (χ3v) is 3.86. The molecule has 0 saturated heterocycles. The van der Waals surface area contributed by atoms with Crippen LogP contribution in [-0.2, 0) is 10.1 Å². The smallest absolute Gasteiger partial charge is 0.273 e. The molecule has 1 aliphatic carbocycles. The Bertz CT molecular complexity index is 463. The number of methoxy groups -OCH3 is 1. The molecule has 0 atom stereocenters. The normalized spacial score (nSPS) is 14.4. The molecule has 0 aromatic heterocycles. The summed E-state index contributed by atoms with van der Waals surface area (Å²) in [5.41, 5.74) is 1.92. The van der Waals surface area contributed by atoms with Gasteiger partial charge in [-0.3, -0.25) is 10.1 Å². The number of nitro benzene ring substituents is 1. The van der Waals surface area contributed by atoms with Gasteiger partial charge in [-0.2, -0.15) is 0 Å². The maximum Gasteiger partial charge on any atom is 0.273 e. The molecule has 0 unspecified atom stereocenters. The van der Waals surface area contributed by atoms with Crippen LogP contribution in [0.5, 0.6) is 0 Å². The minimum atomic E-state index is -0.336. The van der Waals surface area contributed by atoms with Gasteiger partial charge in [-0.1, -0.05) is 15.9 Å². The summed E-state index contributed by atoms with van der Waals surface area (Å²) in [6.07, 6.45) is 2.37. The van der Waals surface area contributed by atoms with Crippen molar-refractivity contribution < 1.29 is 9.66 Å². The Hall–Kier alpha value is -1.14. The SMILES string of the molecule is COCCN(c1ccc([N+](=O)[O-])c(CBr)c1)C1CC1. The number of anilines is 1. The largest absolute Gasteiger partial charge is 0.383 e. The lowest BCUT2D eigenvalue weighted by molar-refractivity contribution is -0.385. The number of halogens is 1. The predicted molar refractivity (Wildman–Crippen MR) is 78.0 cm³/mol. The maximum absolute atomic E-state index is 10.9. The molecule has 0 bridgehead atoms. The maximum atomic E-state index is 10.9. The first-order chi connectivity index (χ1) is 9.17. The van der Waals surface area contributed by atoms with Crippen molar-refractivity contribution in [1.82, 2.24) is 0 Å². The first-order valence-electron chi connectivity index (χ1n) is 6.26. The molecule has 0 amide bonds. The summed E-state index contributed by atoms with van der Waals surface area (Å²) in [6.45, 7) is 1.48. The molecule has 1 fully saturated rings. The Morgan fingerprint density at radius 1 is 1.53 bits per heavy atom. The van der Waals surface area contributed by atoms with E-state index in [1.165, 1.54) is 12.8 Å². The Morgan fingerprint density at radius 3 is 2.79 bits per heavy atom. The number of hydrogen-bond donors (Lipinski definition) is 0. The van der Waals surface area contributed by atoms with Crippen LogP contribution < -0.4 is 4.90 Å². The second-order valence-corrected chi connectivity index (χ2v) is 5.18. The number of nitro groups is 1. The van der Waals surface area contributed by atoms with Crippen LogP contribution >= 0.6 is 15.9 Å². The van der Waals surface area contributed by atoms with Crippen molar-refractivity contribution in [3.05, 3.63) is 33.9 Å². The van der Waals surface area contributed by atoms with Crippen LogP contribution in [0.25, 0.3) is 0 Å². The zero-order chi connectivity index (χ0) is 13.8. The molecule has 0 radical (unpaired) electrons. The van der Waals surface area contributed by atoms with E-state index < -0.39 is 0 Å². The molecular weight excluding hydrogens is 312 g/mol. The van der Waals surface area contributed by atoms with Gasteiger partial charge in [0.25, 0.3) is 5.69 Å². The molecule has 1 aromatic carbocycles. The Labute approximate surface area is 120 Å². The predicted octanol–water partition coefficient (Wildman–Crippen LogP) is 3.10. The van der Waals surface area contributed by atoms with Gasteiger partial charge < -0.3 is 9.64 Å². The standard InChI is InChI=1S/C13H17BrN2O3/c1-19-7-6-15(11-2-3-11)12-4-5-13(16(17)18)10(8-12)9-14/h4-5,8,11H,2-3,6-7,9H2,1H3. The fraction of sp³-hybridized carbons (Fsp3) is 0.538. The Kier molecular flexibility index (Phi) is 4.76. The van der Waals surface area contributed by atoms with Gasteiger partial charge in [0, 0.05) is 42.3 Å². The summed E-state index contributed by atoms with van der Waals surface area (Å²) < 4.78 is 5.13. The molecule has 6 heteroatoms. The zero-order valence-electron chi connectivity index (χ0n) is 10.8. The first kappa shape index (κ1) is 14.3. The average molecular weight is 329 g/mol. The molecule has 0 heterocycles. The van der Waals surface area contributed by atoms with Crippen molar-refractivity contribution in [3.8, 4) is 0 Å². The highest BCUT2D eigenvalue weighted by atomic mass is 79.9. The number of rotatable bonds is 7. The third kappa shape index (κ3) is 3.45. The van der Waals surface area contributed by atoms with Crippen LogP contribution in [0.2, 0.25) is 0 Å². The van der Waals surface area contributed by atoms with Gasteiger partial charge in [-0.25, -0.2) is 0 Å². The Balaban J connectivity index is 2.24. The molecule has 1 aliphatic rings. The molecule has 0 N–H and O–H groups in total. The van der Waals surface area contributed by atoms with E-state index in [0.29, 0.717) is 23.5 Å². The van der Waals surface area contributed by atoms with Crippen molar-refractivity contribution >= 4 is 27.3 Å².